The minimum absolute atomic E-state index is 0.0784. The first-order chi connectivity index (χ1) is 13.9. The fourth-order valence-electron chi connectivity index (χ4n) is 3.57. The molecule has 2 amide bonds. The van der Waals surface area contributed by atoms with Crippen LogP contribution in [0.2, 0.25) is 5.02 Å². The highest BCUT2D eigenvalue weighted by Crippen LogP contribution is 2.39. The fraction of sp³-hybridized carbons (Fsp3) is 0.238. The van der Waals surface area contributed by atoms with Crippen molar-refractivity contribution in [1.29, 1.82) is 0 Å². The van der Waals surface area contributed by atoms with Crippen LogP contribution in [0.1, 0.15) is 12.5 Å². The van der Waals surface area contributed by atoms with Crippen LogP contribution in [0.5, 0.6) is 0 Å². The number of hydrogen-bond donors (Lipinski definition) is 0. The van der Waals surface area contributed by atoms with Gasteiger partial charge < -0.3 is 4.74 Å². The van der Waals surface area contributed by atoms with E-state index in [9.17, 15) is 14.4 Å². The highest BCUT2D eigenvalue weighted by atomic mass is 35.5. The summed E-state index contributed by atoms with van der Waals surface area (Å²) >= 11 is 6.23. The highest BCUT2D eigenvalue weighted by molar-refractivity contribution is 6.48. The van der Waals surface area contributed by atoms with Crippen LogP contribution in [0.15, 0.2) is 53.6 Å². The Hall–Kier alpha value is -3.19. The van der Waals surface area contributed by atoms with Crippen molar-refractivity contribution in [3.63, 3.8) is 0 Å². The molecule has 4 rings (SSSR count). The van der Waals surface area contributed by atoms with Gasteiger partial charge in [0.25, 0.3) is 5.91 Å². The maximum atomic E-state index is 13.3. The maximum absolute atomic E-state index is 13.3. The number of carbonyl (C=O) groups is 3. The normalized spacial score (nSPS) is 20.7. The van der Waals surface area contributed by atoms with Crippen LogP contribution in [0.3, 0.4) is 0 Å². The van der Waals surface area contributed by atoms with Gasteiger partial charge in [-0.05, 0) is 38.1 Å². The molecule has 2 atom stereocenters. The van der Waals surface area contributed by atoms with E-state index in [0.29, 0.717) is 5.69 Å². The molecule has 1 saturated heterocycles. The lowest BCUT2D eigenvalue weighted by atomic mass is 9.97. The number of ether oxygens (including phenoxy) is 1. The summed E-state index contributed by atoms with van der Waals surface area (Å²) in [7, 11) is 0. The molecular weight excluding hydrogens is 394 g/mol. The van der Waals surface area contributed by atoms with Crippen molar-refractivity contribution < 1.29 is 19.1 Å². The number of rotatable bonds is 4. The number of carbonyl (C=O) groups excluding carboxylic acids is 3. The van der Waals surface area contributed by atoms with Crippen molar-refractivity contribution in [3.05, 3.63) is 59.1 Å². The second-order valence-electron chi connectivity index (χ2n) is 6.77. The van der Waals surface area contributed by atoms with Gasteiger partial charge in [0.15, 0.2) is 5.71 Å². The molecule has 0 spiro atoms. The van der Waals surface area contributed by atoms with Gasteiger partial charge in [-0.25, -0.2) is 9.69 Å². The number of fused-ring (bicyclic) bond motifs is 1. The number of hydrogen-bond acceptors (Lipinski definition) is 6. The number of para-hydroxylation sites is 1. The number of aryl methyl sites for hydroxylation is 1. The molecule has 0 bridgehead atoms. The van der Waals surface area contributed by atoms with Crippen LogP contribution in [-0.2, 0) is 19.1 Å². The first kappa shape index (κ1) is 19.1. The monoisotopic (exact) mass is 411 g/mol. The number of anilines is 2. The van der Waals surface area contributed by atoms with E-state index in [-0.39, 0.29) is 23.0 Å². The molecule has 2 aliphatic rings. The topological polar surface area (TPSA) is 79.3 Å². The number of amides is 2. The Labute approximate surface area is 172 Å². The van der Waals surface area contributed by atoms with E-state index in [1.807, 2.05) is 19.1 Å². The van der Waals surface area contributed by atoms with Crippen LogP contribution in [0, 0.1) is 12.8 Å². The van der Waals surface area contributed by atoms with Crippen molar-refractivity contribution in [3.8, 4) is 0 Å². The predicted molar refractivity (Wildman–Crippen MR) is 109 cm³/mol. The molecule has 2 aromatic carbocycles. The minimum Gasteiger partial charge on any atom is -0.461 e. The third-order valence-electron chi connectivity index (χ3n) is 4.93. The summed E-state index contributed by atoms with van der Waals surface area (Å²) in [5, 5.41) is 6.01. The van der Waals surface area contributed by atoms with Crippen molar-refractivity contribution in [2.45, 2.75) is 19.9 Å². The Balaban J connectivity index is 1.81. The van der Waals surface area contributed by atoms with Gasteiger partial charge in [-0.3, -0.25) is 14.6 Å². The molecule has 0 unspecified atom stereocenters. The minimum atomic E-state index is -1.06. The third kappa shape index (κ3) is 3.07. The largest absolute Gasteiger partial charge is 0.461 e. The zero-order chi connectivity index (χ0) is 20.7. The van der Waals surface area contributed by atoms with Gasteiger partial charge in [0, 0.05) is 0 Å². The summed E-state index contributed by atoms with van der Waals surface area (Å²) in [5.74, 6) is -2.80. The van der Waals surface area contributed by atoms with Gasteiger partial charge in [0.1, 0.15) is 12.0 Å². The zero-order valence-corrected chi connectivity index (χ0v) is 16.6. The molecule has 0 aromatic heterocycles. The molecule has 0 radical (unpaired) electrons. The molecule has 8 heteroatoms. The Morgan fingerprint density at radius 2 is 1.79 bits per heavy atom. The molecule has 2 aromatic rings. The maximum Gasteiger partial charge on any atom is 0.355 e. The Kier molecular flexibility index (Phi) is 4.84. The Morgan fingerprint density at radius 3 is 2.45 bits per heavy atom. The van der Waals surface area contributed by atoms with E-state index in [0.717, 1.165) is 10.5 Å². The van der Waals surface area contributed by atoms with Crippen molar-refractivity contribution in [1.82, 2.24) is 0 Å². The molecule has 2 heterocycles. The average Bonchev–Trinajstić information content (AvgIpc) is 3.21. The molecular formula is C21H18ClN3O4. The predicted octanol–water partition coefficient (Wildman–Crippen LogP) is 2.95. The SMILES string of the molecule is CCOC(=O)C1=NN(c2ccc(C)cc2)[C@@H]2C(=O)N(c3ccccc3Cl)C(=O)[C@H]12. The summed E-state index contributed by atoms with van der Waals surface area (Å²) in [6, 6.07) is 12.9. The van der Waals surface area contributed by atoms with Gasteiger partial charge in [0.2, 0.25) is 5.91 Å². The van der Waals surface area contributed by atoms with Crippen LogP contribution in [-0.4, -0.2) is 36.1 Å². The summed E-state index contributed by atoms with van der Waals surface area (Å²) < 4.78 is 5.08. The molecule has 1 fully saturated rings. The lowest BCUT2D eigenvalue weighted by Crippen LogP contribution is -2.39. The van der Waals surface area contributed by atoms with E-state index < -0.39 is 29.7 Å². The summed E-state index contributed by atoms with van der Waals surface area (Å²) in [6.45, 7) is 3.74. The number of imide groups is 1. The second-order valence-corrected chi connectivity index (χ2v) is 7.18. The number of esters is 1. The smallest absolute Gasteiger partial charge is 0.355 e. The molecule has 0 N–H and O–H groups in total. The third-order valence-corrected chi connectivity index (χ3v) is 5.25. The summed E-state index contributed by atoms with van der Waals surface area (Å²) in [4.78, 5) is 40.1. The van der Waals surface area contributed by atoms with E-state index in [4.69, 9.17) is 16.3 Å². The fourth-order valence-corrected chi connectivity index (χ4v) is 3.79. The van der Waals surface area contributed by atoms with Crippen LogP contribution >= 0.6 is 11.6 Å². The highest BCUT2D eigenvalue weighted by Gasteiger charge is 2.59. The van der Waals surface area contributed by atoms with E-state index in [1.165, 1.54) is 5.01 Å². The lowest BCUT2D eigenvalue weighted by Gasteiger charge is -2.22. The van der Waals surface area contributed by atoms with Gasteiger partial charge >= 0.3 is 5.97 Å². The Morgan fingerprint density at radius 1 is 1.10 bits per heavy atom. The Bertz CT molecular complexity index is 1030. The second kappa shape index (κ2) is 7.33. The summed E-state index contributed by atoms with van der Waals surface area (Å²) in [6.07, 6.45) is 0. The number of benzene rings is 2. The molecule has 148 valence electrons. The number of halogens is 1. The first-order valence-electron chi connectivity index (χ1n) is 9.18. The van der Waals surface area contributed by atoms with Gasteiger partial charge in [-0.15, -0.1) is 0 Å². The molecule has 0 saturated carbocycles. The van der Waals surface area contributed by atoms with Crippen LogP contribution in [0.25, 0.3) is 0 Å². The zero-order valence-electron chi connectivity index (χ0n) is 15.8. The summed E-state index contributed by atoms with van der Waals surface area (Å²) in [5.41, 5.74) is 1.84. The van der Waals surface area contributed by atoms with Gasteiger partial charge in [-0.1, -0.05) is 41.4 Å². The van der Waals surface area contributed by atoms with Crippen LogP contribution < -0.4 is 9.91 Å². The van der Waals surface area contributed by atoms with Gasteiger partial charge in [-0.2, -0.15) is 5.10 Å². The molecule has 29 heavy (non-hydrogen) atoms. The average molecular weight is 412 g/mol. The standard InChI is InChI=1S/C21H18ClN3O4/c1-3-29-21(28)17-16-18(25(23-17)13-10-8-12(2)9-11-13)20(27)24(19(16)26)15-7-5-4-6-14(15)22/h4-11,16,18H,3H2,1-2H3/t16-,18+/m1/s1. The lowest BCUT2D eigenvalue weighted by molar-refractivity contribution is -0.136. The van der Waals surface area contributed by atoms with E-state index in [1.54, 1.807) is 43.3 Å². The van der Waals surface area contributed by atoms with E-state index >= 15 is 0 Å². The molecule has 0 aliphatic carbocycles. The molecule has 7 nitrogen and oxygen atoms in total. The number of nitrogens with zero attached hydrogens (tertiary/aromatic N) is 3. The quantitative estimate of drug-likeness (QED) is 0.571. The van der Waals surface area contributed by atoms with Crippen molar-refractivity contribution >= 4 is 46.5 Å². The first-order valence-corrected chi connectivity index (χ1v) is 9.55. The van der Waals surface area contributed by atoms with Crippen molar-refractivity contribution in [2.24, 2.45) is 11.0 Å². The van der Waals surface area contributed by atoms with Crippen molar-refractivity contribution in [2.75, 3.05) is 16.5 Å². The van der Waals surface area contributed by atoms with E-state index in [2.05, 4.69) is 5.10 Å². The van der Waals surface area contributed by atoms with Gasteiger partial charge in [0.05, 0.1) is 23.0 Å². The molecule has 2 aliphatic heterocycles. The van der Waals surface area contributed by atoms with Crippen LogP contribution in [0.4, 0.5) is 11.4 Å². The number of hydrazone groups is 1.